The van der Waals surface area contributed by atoms with Crippen molar-refractivity contribution in [2.24, 2.45) is 11.8 Å². The number of piperidine rings is 1. The molecule has 2 atom stereocenters. The summed E-state index contributed by atoms with van der Waals surface area (Å²) in [6.07, 6.45) is 0.392. The maximum Gasteiger partial charge on any atom is 0.230 e. The number of nitrogens with one attached hydrogen (secondary N) is 1. The number of carbonyl (C=O) groups excluding carboxylic acids is 2. The van der Waals surface area contributed by atoms with Crippen LogP contribution in [0.2, 0.25) is 0 Å². The van der Waals surface area contributed by atoms with E-state index in [0.717, 1.165) is 5.56 Å². The summed E-state index contributed by atoms with van der Waals surface area (Å²) in [7, 11) is 0. The molecular formula is C18H25NO2. The van der Waals surface area contributed by atoms with Gasteiger partial charge in [0, 0.05) is 18.3 Å². The van der Waals surface area contributed by atoms with Crippen LogP contribution in [0.15, 0.2) is 24.3 Å². The van der Waals surface area contributed by atoms with E-state index in [1.165, 1.54) is 5.56 Å². The zero-order valence-corrected chi connectivity index (χ0v) is 13.6. The first kappa shape index (κ1) is 15.7. The predicted molar refractivity (Wildman–Crippen MR) is 84.0 cm³/mol. The standard InChI is InChI=1S/C18H25NO2/c1-11(2)16-14(10-15(20)19-17(16)21)12-6-8-13(9-7-12)18(3,4)5/h6-9,11,14,16H,10H2,1-5H3,(H,19,20,21). The SMILES string of the molecule is CC(C)C1C(=O)NC(=O)CC1c1ccc(C(C)(C)C)cc1. The van der Waals surface area contributed by atoms with Gasteiger partial charge in [0.15, 0.2) is 0 Å². The van der Waals surface area contributed by atoms with Crippen LogP contribution < -0.4 is 5.32 Å². The third-order valence-electron chi connectivity index (χ3n) is 4.33. The van der Waals surface area contributed by atoms with Crippen molar-refractivity contribution in [3.63, 3.8) is 0 Å². The summed E-state index contributed by atoms with van der Waals surface area (Å²) in [5, 5.41) is 2.47. The van der Waals surface area contributed by atoms with Gasteiger partial charge in [-0.3, -0.25) is 14.9 Å². The fourth-order valence-corrected chi connectivity index (χ4v) is 3.10. The van der Waals surface area contributed by atoms with Gasteiger partial charge in [0.05, 0.1) is 0 Å². The maximum absolute atomic E-state index is 12.1. The number of hydrogen-bond donors (Lipinski definition) is 1. The Morgan fingerprint density at radius 1 is 1.10 bits per heavy atom. The van der Waals surface area contributed by atoms with Gasteiger partial charge in [-0.2, -0.15) is 0 Å². The normalized spacial score (nSPS) is 23.3. The minimum absolute atomic E-state index is 0.0136. The first-order valence-corrected chi connectivity index (χ1v) is 7.64. The molecule has 2 rings (SSSR count). The molecule has 0 aliphatic carbocycles. The number of benzene rings is 1. The summed E-state index contributed by atoms with van der Waals surface area (Å²) in [6, 6.07) is 8.38. The van der Waals surface area contributed by atoms with Crippen LogP contribution in [0.1, 0.15) is 58.1 Å². The van der Waals surface area contributed by atoms with Crippen molar-refractivity contribution in [2.45, 2.75) is 52.4 Å². The Balaban J connectivity index is 2.33. The smallest absolute Gasteiger partial charge is 0.230 e. The second kappa shape index (κ2) is 5.63. The molecule has 2 unspecified atom stereocenters. The highest BCUT2D eigenvalue weighted by Gasteiger charge is 2.38. The fraction of sp³-hybridized carbons (Fsp3) is 0.556. The molecule has 1 aliphatic rings. The van der Waals surface area contributed by atoms with Gasteiger partial charge in [-0.05, 0) is 22.5 Å². The summed E-state index contributed by atoms with van der Waals surface area (Å²) in [5.41, 5.74) is 2.46. The van der Waals surface area contributed by atoms with E-state index in [-0.39, 0.29) is 35.0 Å². The third-order valence-corrected chi connectivity index (χ3v) is 4.33. The van der Waals surface area contributed by atoms with Gasteiger partial charge < -0.3 is 0 Å². The Morgan fingerprint density at radius 3 is 2.14 bits per heavy atom. The van der Waals surface area contributed by atoms with Crippen LogP contribution in [-0.4, -0.2) is 11.8 Å². The molecular weight excluding hydrogens is 262 g/mol. The first-order valence-electron chi connectivity index (χ1n) is 7.64. The zero-order valence-electron chi connectivity index (χ0n) is 13.6. The molecule has 3 heteroatoms. The topological polar surface area (TPSA) is 46.2 Å². The lowest BCUT2D eigenvalue weighted by atomic mass is 9.74. The molecule has 114 valence electrons. The molecule has 21 heavy (non-hydrogen) atoms. The third kappa shape index (κ3) is 3.34. The summed E-state index contributed by atoms with van der Waals surface area (Å²) in [6.45, 7) is 10.6. The highest BCUT2D eigenvalue weighted by Crippen LogP contribution is 2.36. The molecule has 0 spiro atoms. The van der Waals surface area contributed by atoms with E-state index in [1.807, 2.05) is 13.8 Å². The Labute approximate surface area is 127 Å². The molecule has 1 aromatic rings. The van der Waals surface area contributed by atoms with Crippen LogP contribution >= 0.6 is 0 Å². The van der Waals surface area contributed by atoms with Crippen molar-refractivity contribution < 1.29 is 9.59 Å². The summed E-state index contributed by atoms with van der Waals surface area (Å²) >= 11 is 0. The second-order valence-corrected chi connectivity index (χ2v) is 7.36. The zero-order chi connectivity index (χ0) is 15.8. The molecule has 1 heterocycles. The van der Waals surface area contributed by atoms with Crippen LogP contribution in [0.25, 0.3) is 0 Å². The highest BCUT2D eigenvalue weighted by molar-refractivity contribution is 6.00. The molecule has 0 bridgehead atoms. The first-order chi connectivity index (χ1) is 9.70. The molecule has 0 radical (unpaired) electrons. The van der Waals surface area contributed by atoms with E-state index in [2.05, 4.69) is 50.4 Å². The van der Waals surface area contributed by atoms with E-state index >= 15 is 0 Å². The van der Waals surface area contributed by atoms with E-state index in [9.17, 15) is 9.59 Å². The Bertz CT molecular complexity index is 537. The van der Waals surface area contributed by atoms with Crippen molar-refractivity contribution in [1.29, 1.82) is 0 Å². The molecule has 0 saturated carbocycles. The van der Waals surface area contributed by atoms with Gasteiger partial charge in [-0.15, -0.1) is 0 Å². The van der Waals surface area contributed by atoms with Crippen LogP contribution in [0.4, 0.5) is 0 Å². The molecule has 1 N–H and O–H groups in total. The maximum atomic E-state index is 12.1. The van der Waals surface area contributed by atoms with Crippen molar-refractivity contribution in [2.75, 3.05) is 0 Å². The number of amides is 2. The lowest BCUT2D eigenvalue weighted by Gasteiger charge is -2.33. The highest BCUT2D eigenvalue weighted by atomic mass is 16.2. The Hall–Kier alpha value is -1.64. The van der Waals surface area contributed by atoms with Gasteiger partial charge in [-0.25, -0.2) is 0 Å². The van der Waals surface area contributed by atoms with Gasteiger partial charge >= 0.3 is 0 Å². The summed E-state index contributed by atoms with van der Waals surface area (Å²) < 4.78 is 0. The van der Waals surface area contributed by atoms with Crippen LogP contribution in [0.3, 0.4) is 0 Å². The minimum Gasteiger partial charge on any atom is -0.296 e. The summed E-state index contributed by atoms with van der Waals surface area (Å²) in [4.78, 5) is 23.8. The van der Waals surface area contributed by atoms with Crippen molar-refractivity contribution in [3.05, 3.63) is 35.4 Å². The lowest BCUT2D eigenvalue weighted by molar-refractivity contribution is -0.138. The van der Waals surface area contributed by atoms with E-state index in [0.29, 0.717) is 6.42 Å². The second-order valence-electron chi connectivity index (χ2n) is 7.36. The van der Waals surface area contributed by atoms with Gasteiger partial charge in [0.25, 0.3) is 0 Å². The van der Waals surface area contributed by atoms with Crippen molar-refractivity contribution >= 4 is 11.8 Å². The number of hydrogen-bond acceptors (Lipinski definition) is 2. The Kier molecular flexibility index (Phi) is 4.22. The van der Waals surface area contributed by atoms with Crippen molar-refractivity contribution in [3.8, 4) is 0 Å². The quantitative estimate of drug-likeness (QED) is 0.848. The predicted octanol–water partition coefficient (Wildman–Crippen LogP) is 3.39. The van der Waals surface area contributed by atoms with Gasteiger partial charge in [0.1, 0.15) is 0 Å². The van der Waals surface area contributed by atoms with Crippen LogP contribution in [-0.2, 0) is 15.0 Å². The monoisotopic (exact) mass is 287 g/mol. The van der Waals surface area contributed by atoms with E-state index < -0.39 is 0 Å². The molecule has 1 saturated heterocycles. The average molecular weight is 287 g/mol. The number of imide groups is 1. The average Bonchev–Trinajstić information content (AvgIpc) is 2.36. The minimum atomic E-state index is -0.165. The number of carbonyl (C=O) groups is 2. The number of rotatable bonds is 2. The molecule has 0 aromatic heterocycles. The van der Waals surface area contributed by atoms with Crippen LogP contribution in [0.5, 0.6) is 0 Å². The molecule has 1 aliphatic heterocycles. The van der Waals surface area contributed by atoms with Gasteiger partial charge in [0.2, 0.25) is 11.8 Å². The molecule has 2 amide bonds. The largest absolute Gasteiger partial charge is 0.296 e. The molecule has 1 aromatic carbocycles. The lowest BCUT2D eigenvalue weighted by Crippen LogP contribution is -2.46. The Morgan fingerprint density at radius 2 is 1.67 bits per heavy atom. The fourth-order valence-electron chi connectivity index (χ4n) is 3.10. The molecule has 1 fully saturated rings. The summed E-state index contributed by atoms with van der Waals surface area (Å²) in [5.74, 6) is -0.234. The molecule has 3 nitrogen and oxygen atoms in total. The van der Waals surface area contributed by atoms with E-state index in [1.54, 1.807) is 0 Å². The van der Waals surface area contributed by atoms with Crippen LogP contribution in [0, 0.1) is 11.8 Å². The van der Waals surface area contributed by atoms with E-state index in [4.69, 9.17) is 0 Å². The van der Waals surface area contributed by atoms with Gasteiger partial charge in [-0.1, -0.05) is 58.9 Å². The van der Waals surface area contributed by atoms with Crippen molar-refractivity contribution in [1.82, 2.24) is 5.32 Å².